The molecule has 0 radical (unpaired) electrons. The average Bonchev–Trinajstić information content (AvgIpc) is 2.39. The van der Waals surface area contributed by atoms with Crippen LogP contribution in [0.25, 0.3) is 0 Å². The van der Waals surface area contributed by atoms with E-state index >= 15 is 0 Å². The van der Waals surface area contributed by atoms with Crippen LogP contribution in [-0.4, -0.2) is 47.6 Å². The third kappa shape index (κ3) is 3.88. The average molecular weight is 278 g/mol. The lowest BCUT2D eigenvalue weighted by atomic mass is 10.2. The molecule has 19 heavy (non-hydrogen) atoms. The molecule has 0 bridgehead atoms. The van der Waals surface area contributed by atoms with E-state index in [1.807, 2.05) is 12.1 Å². The van der Waals surface area contributed by atoms with Gasteiger partial charge in [-0.1, -0.05) is 26.1 Å². The summed E-state index contributed by atoms with van der Waals surface area (Å²) < 4.78 is 0. The molecule has 1 aromatic rings. The van der Waals surface area contributed by atoms with E-state index in [0.717, 1.165) is 43.5 Å². The van der Waals surface area contributed by atoms with E-state index in [1.54, 1.807) is 6.20 Å². The van der Waals surface area contributed by atoms with Crippen molar-refractivity contribution in [2.45, 2.75) is 13.8 Å². The quantitative estimate of drug-likeness (QED) is 0.846. The Labute approximate surface area is 120 Å². The predicted octanol–water partition coefficient (Wildman–Crippen LogP) is 1.49. The zero-order chi connectivity index (χ0) is 13.8. The number of anilines is 1. The Morgan fingerprint density at radius 1 is 1.32 bits per heavy atom. The first kappa shape index (κ1) is 14.2. The van der Waals surface area contributed by atoms with Crippen LogP contribution in [0.1, 0.15) is 19.4 Å². The molecule has 1 aliphatic rings. The minimum atomic E-state index is 0.404. The summed E-state index contributed by atoms with van der Waals surface area (Å²) in [5.41, 5.74) is 6.41. The first-order valence-corrected chi connectivity index (χ1v) is 7.20. The molecule has 2 heterocycles. The van der Waals surface area contributed by atoms with Crippen LogP contribution >= 0.6 is 12.2 Å². The SMILES string of the molecule is CC(C)CN1CCN(c2ccc(C(N)=S)cn2)CC1. The Kier molecular flexibility index (Phi) is 4.71. The van der Waals surface area contributed by atoms with Gasteiger partial charge in [0.2, 0.25) is 0 Å². The first-order valence-electron chi connectivity index (χ1n) is 6.79. The second-order valence-electron chi connectivity index (χ2n) is 5.45. The molecule has 1 fully saturated rings. The summed E-state index contributed by atoms with van der Waals surface area (Å²) in [6.45, 7) is 10.00. The van der Waals surface area contributed by atoms with Crippen molar-refractivity contribution in [1.82, 2.24) is 9.88 Å². The molecule has 0 amide bonds. The minimum absolute atomic E-state index is 0.404. The number of hydrogen-bond acceptors (Lipinski definition) is 4. The Balaban J connectivity index is 1.92. The maximum Gasteiger partial charge on any atom is 0.128 e. The van der Waals surface area contributed by atoms with E-state index < -0.39 is 0 Å². The van der Waals surface area contributed by atoms with Gasteiger partial charge in [0.25, 0.3) is 0 Å². The number of piperazine rings is 1. The molecule has 0 aromatic carbocycles. The van der Waals surface area contributed by atoms with Crippen LogP contribution in [0.4, 0.5) is 5.82 Å². The van der Waals surface area contributed by atoms with E-state index in [2.05, 4.69) is 28.6 Å². The molecular weight excluding hydrogens is 256 g/mol. The molecule has 0 saturated carbocycles. The van der Waals surface area contributed by atoms with Crippen molar-refractivity contribution in [2.24, 2.45) is 11.7 Å². The molecule has 0 spiro atoms. The summed E-state index contributed by atoms with van der Waals surface area (Å²) in [5.74, 6) is 1.75. The smallest absolute Gasteiger partial charge is 0.128 e. The molecule has 0 aliphatic carbocycles. The van der Waals surface area contributed by atoms with Gasteiger partial charge in [0.15, 0.2) is 0 Å². The monoisotopic (exact) mass is 278 g/mol. The number of rotatable bonds is 4. The highest BCUT2D eigenvalue weighted by Gasteiger charge is 2.18. The van der Waals surface area contributed by atoms with Gasteiger partial charge in [-0.2, -0.15) is 0 Å². The Hall–Kier alpha value is -1.20. The zero-order valence-electron chi connectivity index (χ0n) is 11.7. The van der Waals surface area contributed by atoms with E-state index in [9.17, 15) is 0 Å². The molecule has 0 unspecified atom stereocenters. The fourth-order valence-corrected chi connectivity index (χ4v) is 2.52. The van der Waals surface area contributed by atoms with Crippen molar-refractivity contribution in [1.29, 1.82) is 0 Å². The molecule has 1 aromatic heterocycles. The number of hydrogen-bond donors (Lipinski definition) is 1. The van der Waals surface area contributed by atoms with Crippen LogP contribution in [0.2, 0.25) is 0 Å². The fraction of sp³-hybridized carbons (Fsp3) is 0.571. The molecule has 5 heteroatoms. The van der Waals surface area contributed by atoms with E-state index in [4.69, 9.17) is 18.0 Å². The lowest BCUT2D eigenvalue weighted by Crippen LogP contribution is -2.47. The minimum Gasteiger partial charge on any atom is -0.389 e. The highest BCUT2D eigenvalue weighted by atomic mass is 32.1. The molecule has 2 rings (SSSR count). The van der Waals surface area contributed by atoms with Crippen molar-refractivity contribution in [2.75, 3.05) is 37.6 Å². The van der Waals surface area contributed by atoms with Crippen LogP contribution in [0.5, 0.6) is 0 Å². The van der Waals surface area contributed by atoms with E-state index in [-0.39, 0.29) is 0 Å². The Bertz CT molecular complexity index is 422. The molecule has 104 valence electrons. The van der Waals surface area contributed by atoms with Crippen LogP contribution in [0.3, 0.4) is 0 Å². The second kappa shape index (κ2) is 6.30. The van der Waals surface area contributed by atoms with Crippen molar-refractivity contribution in [3.63, 3.8) is 0 Å². The van der Waals surface area contributed by atoms with Gasteiger partial charge >= 0.3 is 0 Å². The van der Waals surface area contributed by atoms with Gasteiger partial charge in [-0.15, -0.1) is 0 Å². The van der Waals surface area contributed by atoms with Crippen molar-refractivity contribution in [3.8, 4) is 0 Å². The number of aromatic nitrogens is 1. The van der Waals surface area contributed by atoms with Gasteiger partial charge in [-0.05, 0) is 18.1 Å². The molecular formula is C14H22N4S. The third-order valence-corrected chi connectivity index (χ3v) is 3.59. The van der Waals surface area contributed by atoms with Gasteiger partial charge in [-0.25, -0.2) is 4.98 Å². The maximum absolute atomic E-state index is 5.58. The summed E-state index contributed by atoms with van der Waals surface area (Å²) in [6.07, 6.45) is 1.76. The molecule has 4 nitrogen and oxygen atoms in total. The van der Waals surface area contributed by atoms with E-state index in [0.29, 0.717) is 4.99 Å². The van der Waals surface area contributed by atoms with Crippen molar-refractivity contribution in [3.05, 3.63) is 23.9 Å². The summed E-state index contributed by atoms with van der Waals surface area (Å²) in [6, 6.07) is 3.96. The lowest BCUT2D eigenvalue weighted by Gasteiger charge is -2.36. The third-order valence-electron chi connectivity index (χ3n) is 3.35. The van der Waals surface area contributed by atoms with Gasteiger partial charge in [-0.3, -0.25) is 4.90 Å². The van der Waals surface area contributed by atoms with Crippen molar-refractivity contribution < 1.29 is 0 Å². The fourth-order valence-electron chi connectivity index (χ4n) is 2.39. The largest absolute Gasteiger partial charge is 0.389 e. The molecule has 1 saturated heterocycles. The normalized spacial score (nSPS) is 16.9. The first-order chi connectivity index (χ1) is 9.06. The number of thiocarbonyl (C=S) groups is 1. The standard InChI is InChI=1S/C14H22N4S/c1-11(2)10-17-5-7-18(8-6-17)13-4-3-12(9-16-13)14(15)19/h3-4,9,11H,5-8,10H2,1-2H3,(H2,15,19). The lowest BCUT2D eigenvalue weighted by molar-refractivity contribution is 0.231. The molecule has 1 aliphatic heterocycles. The number of nitrogens with two attached hydrogens (primary N) is 1. The maximum atomic E-state index is 5.58. The summed E-state index contributed by atoms with van der Waals surface area (Å²) in [5, 5.41) is 0. The van der Waals surface area contributed by atoms with Crippen LogP contribution in [0, 0.1) is 5.92 Å². The highest BCUT2D eigenvalue weighted by molar-refractivity contribution is 7.80. The van der Waals surface area contributed by atoms with Crippen LogP contribution < -0.4 is 10.6 Å². The van der Waals surface area contributed by atoms with Crippen molar-refractivity contribution >= 4 is 23.0 Å². The van der Waals surface area contributed by atoms with Crippen LogP contribution in [0.15, 0.2) is 18.3 Å². The molecule has 2 N–H and O–H groups in total. The summed E-state index contributed by atoms with van der Waals surface area (Å²) in [7, 11) is 0. The topological polar surface area (TPSA) is 45.4 Å². The highest BCUT2D eigenvalue weighted by Crippen LogP contribution is 2.14. The predicted molar refractivity (Wildman–Crippen MR) is 83.6 cm³/mol. The van der Waals surface area contributed by atoms with Gasteiger partial charge in [0.1, 0.15) is 10.8 Å². The number of pyridine rings is 1. The van der Waals surface area contributed by atoms with Crippen LogP contribution in [-0.2, 0) is 0 Å². The molecule has 0 atom stereocenters. The summed E-state index contributed by atoms with van der Waals surface area (Å²) >= 11 is 4.93. The van der Waals surface area contributed by atoms with Gasteiger partial charge < -0.3 is 10.6 Å². The van der Waals surface area contributed by atoms with Gasteiger partial charge in [0.05, 0.1) is 0 Å². The Morgan fingerprint density at radius 2 is 2.00 bits per heavy atom. The zero-order valence-corrected chi connectivity index (χ0v) is 12.5. The van der Waals surface area contributed by atoms with E-state index in [1.165, 1.54) is 6.54 Å². The second-order valence-corrected chi connectivity index (χ2v) is 5.89. The number of nitrogens with zero attached hydrogens (tertiary/aromatic N) is 3. The summed E-state index contributed by atoms with van der Waals surface area (Å²) in [4.78, 5) is 9.69. The van der Waals surface area contributed by atoms with Gasteiger partial charge in [0, 0.05) is 44.5 Å². The Morgan fingerprint density at radius 3 is 2.47 bits per heavy atom.